The third-order valence-electron chi connectivity index (χ3n) is 2.40. The van der Waals surface area contributed by atoms with Crippen LogP contribution < -0.4 is 0 Å². The van der Waals surface area contributed by atoms with Crippen molar-refractivity contribution in [3.63, 3.8) is 0 Å². The third kappa shape index (κ3) is 2.28. The van der Waals surface area contributed by atoms with E-state index in [1.54, 1.807) is 0 Å². The molecule has 0 aliphatic rings. The van der Waals surface area contributed by atoms with Crippen molar-refractivity contribution in [2.75, 3.05) is 6.61 Å². The zero-order chi connectivity index (χ0) is 11.4. The number of rotatable bonds is 4. The lowest BCUT2D eigenvalue weighted by Crippen LogP contribution is -1.90. The monoisotopic (exact) mass is 218 g/mol. The summed E-state index contributed by atoms with van der Waals surface area (Å²) in [5.41, 5.74) is 2.11. The number of hydrogen-bond acceptors (Lipinski definition) is 4. The molecule has 1 heterocycles. The number of nitrogens with zero attached hydrogens (tertiary/aromatic N) is 2. The molecule has 0 radical (unpaired) electrons. The molecule has 0 aliphatic heterocycles. The summed E-state index contributed by atoms with van der Waals surface area (Å²) >= 11 is 0. The number of benzene rings is 1. The summed E-state index contributed by atoms with van der Waals surface area (Å²) in [4.78, 5) is 4.29. The second-order valence-electron chi connectivity index (χ2n) is 3.65. The highest BCUT2D eigenvalue weighted by Crippen LogP contribution is 2.19. The van der Waals surface area contributed by atoms with Gasteiger partial charge >= 0.3 is 0 Å². The van der Waals surface area contributed by atoms with Gasteiger partial charge < -0.3 is 9.63 Å². The Morgan fingerprint density at radius 3 is 2.88 bits per heavy atom. The van der Waals surface area contributed by atoms with E-state index in [9.17, 15) is 0 Å². The normalized spacial score (nSPS) is 10.6. The van der Waals surface area contributed by atoms with Gasteiger partial charge in [-0.15, -0.1) is 0 Å². The van der Waals surface area contributed by atoms with Crippen LogP contribution in [0.2, 0.25) is 0 Å². The predicted octanol–water partition coefficient (Wildman–Crippen LogP) is 1.97. The summed E-state index contributed by atoms with van der Waals surface area (Å²) in [6.45, 7) is 2.15. The number of aliphatic hydroxyl groups excluding tert-OH is 1. The Bertz CT molecular complexity index is 466. The van der Waals surface area contributed by atoms with Gasteiger partial charge in [-0.1, -0.05) is 29.4 Å². The summed E-state index contributed by atoms with van der Waals surface area (Å²) in [5, 5.41) is 12.6. The Kier molecular flexibility index (Phi) is 3.31. The van der Waals surface area contributed by atoms with Gasteiger partial charge in [0.15, 0.2) is 0 Å². The van der Waals surface area contributed by atoms with E-state index in [-0.39, 0.29) is 6.61 Å². The fourth-order valence-electron chi connectivity index (χ4n) is 1.52. The van der Waals surface area contributed by atoms with E-state index < -0.39 is 0 Å². The lowest BCUT2D eigenvalue weighted by Gasteiger charge is -1.97. The Morgan fingerprint density at radius 2 is 2.12 bits per heavy atom. The van der Waals surface area contributed by atoms with Gasteiger partial charge in [-0.3, -0.25) is 0 Å². The van der Waals surface area contributed by atoms with Crippen LogP contribution in [0, 0.1) is 6.92 Å². The highest BCUT2D eigenvalue weighted by molar-refractivity contribution is 5.58. The number of aliphatic hydroxyl groups is 1. The molecule has 0 aliphatic carbocycles. The van der Waals surface area contributed by atoms with Crippen LogP contribution >= 0.6 is 0 Å². The van der Waals surface area contributed by atoms with Crippen molar-refractivity contribution < 1.29 is 9.63 Å². The maximum atomic E-state index is 8.71. The molecule has 0 spiro atoms. The fraction of sp³-hybridized carbons (Fsp3) is 0.333. The number of aromatic nitrogens is 2. The van der Waals surface area contributed by atoms with E-state index in [0.29, 0.717) is 24.6 Å². The molecule has 0 unspecified atom stereocenters. The Morgan fingerprint density at radius 1 is 1.31 bits per heavy atom. The topological polar surface area (TPSA) is 59.2 Å². The van der Waals surface area contributed by atoms with Crippen molar-refractivity contribution in [2.24, 2.45) is 0 Å². The fourth-order valence-corrected chi connectivity index (χ4v) is 1.52. The molecule has 4 heteroatoms. The van der Waals surface area contributed by atoms with Gasteiger partial charge in [-0.2, -0.15) is 4.98 Å². The van der Waals surface area contributed by atoms with Gasteiger partial charge in [-0.05, 0) is 18.9 Å². The summed E-state index contributed by atoms with van der Waals surface area (Å²) in [6, 6.07) is 7.91. The highest BCUT2D eigenvalue weighted by Gasteiger charge is 2.09. The molecule has 84 valence electrons. The minimum absolute atomic E-state index is 0.141. The van der Waals surface area contributed by atoms with Crippen molar-refractivity contribution in [3.8, 4) is 11.4 Å². The smallest absolute Gasteiger partial charge is 0.227 e. The maximum absolute atomic E-state index is 8.71. The largest absolute Gasteiger partial charge is 0.396 e. The van der Waals surface area contributed by atoms with E-state index in [1.165, 1.54) is 0 Å². The highest BCUT2D eigenvalue weighted by atomic mass is 16.5. The van der Waals surface area contributed by atoms with Crippen molar-refractivity contribution in [1.82, 2.24) is 10.1 Å². The van der Waals surface area contributed by atoms with Gasteiger partial charge in [0.05, 0.1) is 0 Å². The van der Waals surface area contributed by atoms with Gasteiger partial charge in [0.2, 0.25) is 11.7 Å². The zero-order valence-corrected chi connectivity index (χ0v) is 9.18. The quantitative estimate of drug-likeness (QED) is 0.852. The average molecular weight is 218 g/mol. The first kappa shape index (κ1) is 10.8. The van der Waals surface area contributed by atoms with Crippen LogP contribution in [0.5, 0.6) is 0 Å². The lowest BCUT2D eigenvalue weighted by atomic mass is 10.1. The predicted molar refractivity (Wildman–Crippen MR) is 59.9 cm³/mol. The minimum Gasteiger partial charge on any atom is -0.396 e. The summed E-state index contributed by atoms with van der Waals surface area (Å²) in [6.07, 6.45) is 1.27. The third-order valence-corrected chi connectivity index (χ3v) is 2.40. The van der Waals surface area contributed by atoms with Crippen LogP contribution in [0.4, 0.5) is 0 Å². The maximum Gasteiger partial charge on any atom is 0.227 e. The molecule has 0 amide bonds. The van der Waals surface area contributed by atoms with Gasteiger partial charge in [0.25, 0.3) is 0 Å². The summed E-state index contributed by atoms with van der Waals surface area (Å²) < 4.78 is 5.10. The number of hydrogen-bond donors (Lipinski definition) is 1. The molecule has 1 aromatic heterocycles. The summed E-state index contributed by atoms with van der Waals surface area (Å²) in [7, 11) is 0. The van der Waals surface area contributed by atoms with Crippen LogP contribution in [0.25, 0.3) is 11.4 Å². The molecule has 4 nitrogen and oxygen atoms in total. The Labute approximate surface area is 93.9 Å². The molecule has 0 atom stereocenters. The van der Waals surface area contributed by atoms with Crippen LogP contribution in [0.1, 0.15) is 17.9 Å². The molecular formula is C12H14N2O2. The Hall–Kier alpha value is -1.68. The first-order valence-corrected chi connectivity index (χ1v) is 5.30. The van der Waals surface area contributed by atoms with Gasteiger partial charge in [-0.25, -0.2) is 0 Å². The molecular weight excluding hydrogens is 204 g/mol. The standard InChI is InChI=1S/C12H14N2O2/c1-9-5-2-3-6-10(9)12-13-11(16-14-12)7-4-8-15/h2-3,5-6,15H,4,7-8H2,1H3. The molecule has 0 bridgehead atoms. The van der Waals surface area contributed by atoms with Crippen molar-refractivity contribution in [2.45, 2.75) is 19.8 Å². The van der Waals surface area contributed by atoms with Crippen LogP contribution in [0.3, 0.4) is 0 Å². The molecule has 0 fully saturated rings. The van der Waals surface area contributed by atoms with E-state index >= 15 is 0 Å². The lowest BCUT2D eigenvalue weighted by molar-refractivity contribution is 0.278. The van der Waals surface area contributed by atoms with Crippen molar-refractivity contribution in [3.05, 3.63) is 35.7 Å². The van der Waals surface area contributed by atoms with Crippen molar-refractivity contribution in [1.29, 1.82) is 0 Å². The van der Waals surface area contributed by atoms with Gasteiger partial charge in [0.1, 0.15) is 0 Å². The summed E-state index contributed by atoms with van der Waals surface area (Å²) in [5.74, 6) is 1.19. The van der Waals surface area contributed by atoms with Crippen LogP contribution in [0.15, 0.2) is 28.8 Å². The van der Waals surface area contributed by atoms with Crippen LogP contribution in [-0.2, 0) is 6.42 Å². The second kappa shape index (κ2) is 4.90. The van der Waals surface area contributed by atoms with E-state index in [4.69, 9.17) is 9.63 Å². The molecule has 2 rings (SSSR count). The Balaban J connectivity index is 2.22. The number of aryl methyl sites for hydroxylation is 2. The molecule has 2 aromatic rings. The molecule has 1 N–H and O–H groups in total. The van der Waals surface area contributed by atoms with E-state index in [0.717, 1.165) is 11.1 Å². The first-order chi connectivity index (χ1) is 7.81. The zero-order valence-electron chi connectivity index (χ0n) is 9.18. The molecule has 1 aromatic carbocycles. The van der Waals surface area contributed by atoms with E-state index in [1.807, 2.05) is 31.2 Å². The SMILES string of the molecule is Cc1ccccc1-c1noc(CCCO)n1. The van der Waals surface area contributed by atoms with Crippen molar-refractivity contribution >= 4 is 0 Å². The average Bonchev–Trinajstić information content (AvgIpc) is 2.75. The molecule has 16 heavy (non-hydrogen) atoms. The van der Waals surface area contributed by atoms with Crippen LogP contribution in [-0.4, -0.2) is 21.9 Å². The molecule has 0 saturated heterocycles. The van der Waals surface area contributed by atoms with Gasteiger partial charge in [0, 0.05) is 18.6 Å². The molecule has 0 saturated carbocycles. The van der Waals surface area contributed by atoms with E-state index in [2.05, 4.69) is 10.1 Å². The minimum atomic E-state index is 0.141. The first-order valence-electron chi connectivity index (χ1n) is 5.30. The second-order valence-corrected chi connectivity index (χ2v) is 3.65.